The van der Waals surface area contributed by atoms with Crippen LogP contribution < -0.4 is 5.32 Å². The van der Waals surface area contributed by atoms with Gasteiger partial charge < -0.3 is 9.84 Å². The first-order valence-electron chi connectivity index (χ1n) is 4.41. The minimum Gasteiger partial charge on any atom is -0.336 e. The van der Waals surface area contributed by atoms with Crippen molar-refractivity contribution in [2.75, 3.05) is 13.1 Å². The van der Waals surface area contributed by atoms with E-state index < -0.39 is 5.67 Å². The molecule has 2 heterocycles. The fourth-order valence-corrected chi connectivity index (χ4v) is 1.53. The van der Waals surface area contributed by atoms with Crippen LogP contribution in [-0.2, 0) is 5.67 Å². The molecule has 1 aromatic heterocycles. The minimum absolute atomic E-state index is 0.109. The van der Waals surface area contributed by atoms with Crippen LogP contribution in [0.4, 0.5) is 4.39 Å². The molecular weight excluding hydrogens is 173 g/mol. The molecule has 0 unspecified atom stereocenters. The maximum atomic E-state index is 14.1. The summed E-state index contributed by atoms with van der Waals surface area (Å²) >= 11 is 0. The highest BCUT2D eigenvalue weighted by Gasteiger charge is 2.39. The van der Waals surface area contributed by atoms with Gasteiger partial charge in [-0.25, -0.2) is 4.39 Å². The molecule has 0 saturated carbocycles. The monoisotopic (exact) mass is 185 g/mol. The molecule has 4 nitrogen and oxygen atoms in total. The summed E-state index contributed by atoms with van der Waals surface area (Å²) in [7, 11) is 0. The molecule has 1 aliphatic heterocycles. The Kier molecular flexibility index (Phi) is 2.03. The fourth-order valence-electron chi connectivity index (χ4n) is 1.53. The Balaban J connectivity index is 2.22. The molecule has 0 radical (unpaired) electrons. The summed E-state index contributed by atoms with van der Waals surface area (Å²) in [5.74, 6) is 0.592. The van der Waals surface area contributed by atoms with Crippen LogP contribution >= 0.6 is 0 Å². The second-order valence-electron chi connectivity index (χ2n) is 3.39. The van der Waals surface area contributed by atoms with Crippen molar-refractivity contribution in [2.45, 2.75) is 25.4 Å². The molecule has 0 aromatic carbocycles. The van der Waals surface area contributed by atoms with E-state index in [1.165, 1.54) is 0 Å². The van der Waals surface area contributed by atoms with E-state index in [0.717, 1.165) is 13.0 Å². The van der Waals surface area contributed by atoms with Crippen molar-refractivity contribution in [3.8, 4) is 0 Å². The van der Waals surface area contributed by atoms with E-state index in [2.05, 4.69) is 15.5 Å². The van der Waals surface area contributed by atoms with E-state index in [0.29, 0.717) is 12.2 Å². The molecule has 0 aliphatic carbocycles. The molecule has 1 saturated heterocycles. The highest BCUT2D eigenvalue weighted by molar-refractivity contribution is 5.01. The SMILES string of the molecule is Cc1noc([C@]2(F)CCCNC2)n1. The second-order valence-corrected chi connectivity index (χ2v) is 3.39. The third-order valence-corrected chi connectivity index (χ3v) is 2.24. The zero-order chi connectivity index (χ0) is 9.31. The van der Waals surface area contributed by atoms with E-state index in [-0.39, 0.29) is 12.4 Å². The first-order chi connectivity index (χ1) is 6.21. The number of nitrogens with one attached hydrogen (secondary N) is 1. The van der Waals surface area contributed by atoms with Crippen LogP contribution in [0.3, 0.4) is 0 Å². The lowest BCUT2D eigenvalue weighted by atomic mass is 9.96. The average molecular weight is 185 g/mol. The van der Waals surface area contributed by atoms with Gasteiger partial charge in [0.15, 0.2) is 5.82 Å². The summed E-state index contributed by atoms with van der Waals surface area (Å²) in [6.45, 7) is 2.82. The van der Waals surface area contributed by atoms with Crippen LogP contribution in [0.1, 0.15) is 24.6 Å². The zero-order valence-corrected chi connectivity index (χ0v) is 7.51. The lowest BCUT2D eigenvalue weighted by Gasteiger charge is -2.26. The summed E-state index contributed by atoms with van der Waals surface area (Å²) in [5.41, 5.74) is -1.46. The third kappa shape index (κ3) is 1.56. The van der Waals surface area contributed by atoms with Crippen LogP contribution in [0.5, 0.6) is 0 Å². The summed E-state index contributed by atoms with van der Waals surface area (Å²) in [4.78, 5) is 3.91. The summed E-state index contributed by atoms with van der Waals surface area (Å²) in [6.07, 6.45) is 1.26. The number of piperidine rings is 1. The van der Waals surface area contributed by atoms with Gasteiger partial charge in [0.2, 0.25) is 5.67 Å². The minimum atomic E-state index is -1.46. The highest BCUT2D eigenvalue weighted by atomic mass is 19.1. The van der Waals surface area contributed by atoms with E-state index in [9.17, 15) is 4.39 Å². The number of alkyl halides is 1. The number of aromatic nitrogens is 2. The Morgan fingerprint density at radius 3 is 3.00 bits per heavy atom. The van der Waals surface area contributed by atoms with Gasteiger partial charge in [0.1, 0.15) is 0 Å². The maximum Gasteiger partial charge on any atom is 0.265 e. The highest BCUT2D eigenvalue weighted by Crippen LogP contribution is 2.31. The molecule has 0 bridgehead atoms. The van der Waals surface area contributed by atoms with Crippen molar-refractivity contribution in [1.82, 2.24) is 15.5 Å². The molecule has 0 amide bonds. The van der Waals surface area contributed by atoms with Crippen LogP contribution in [0.15, 0.2) is 4.52 Å². The molecule has 72 valence electrons. The van der Waals surface area contributed by atoms with E-state index >= 15 is 0 Å². The first kappa shape index (κ1) is 8.62. The number of hydrogen-bond donors (Lipinski definition) is 1. The normalized spacial score (nSPS) is 29.1. The Hall–Kier alpha value is -0.970. The Morgan fingerprint density at radius 2 is 2.46 bits per heavy atom. The fraction of sp³-hybridized carbons (Fsp3) is 0.750. The molecule has 13 heavy (non-hydrogen) atoms. The Morgan fingerprint density at radius 1 is 1.62 bits per heavy atom. The zero-order valence-electron chi connectivity index (χ0n) is 7.51. The number of halogens is 1. The molecule has 1 aliphatic rings. The average Bonchev–Trinajstić information content (AvgIpc) is 2.54. The third-order valence-electron chi connectivity index (χ3n) is 2.24. The van der Waals surface area contributed by atoms with Gasteiger partial charge in [0, 0.05) is 6.54 Å². The number of aryl methyl sites for hydroxylation is 1. The van der Waals surface area contributed by atoms with Gasteiger partial charge in [0.25, 0.3) is 5.89 Å². The van der Waals surface area contributed by atoms with E-state index in [1.54, 1.807) is 6.92 Å². The van der Waals surface area contributed by atoms with Gasteiger partial charge in [-0.3, -0.25) is 0 Å². The lowest BCUT2D eigenvalue weighted by molar-refractivity contribution is 0.0785. The van der Waals surface area contributed by atoms with Crippen LogP contribution in [0, 0.1) is 6.92 Å². The van der Waals surface area contributed by atoms with Gasteiger partial charge in [-0.05, 0) is 26.3 Å². The van der Waals surface area contributed by atoms with Crippen molar-refractivity contribution in [3.63, 3.8) is 0 Å². The lowest BCUT2D eigenvalue weighted by Crippen LogP contribution is -2.40. The maximum absolute atomic E-state index is 14.1. The van der Waals surface area contributed by atoms with Gasteiger partial charge >= 0.3 is 0 Å². The van der Waals surface area contributed by atoms with Crippen molar-refractivity contribution in [2.24, 2.45) is 0 Å². The van der Waals surface area contributed by atoms with Crippen molar-refractivity contribution >= 4 is 0 Å². The standard InChI is InChI=1S/C8H12FN3O/c1-6-11-7(13-12-6)8(9)3-2-4-10-5-8/h10H,2-5H2,1H3/t8-/m0/s1. The number of hydrogen-bond acceptors (Lipinski definition) is 4. The number of nitrogens with zero attached hydrogens (tertiary/aromatic N) is 2. The number of rotatable bonds is 1. The second kappa shape index (κ2) is 3.06. The molecule has 1 fully saturated rings. The Labute approximate surface area is 75.5 Å². The molecule has 1 aromatic rings. The molecule has 5 heteroatoms. The summed E-state index contributed by atoms with van der Waals surface area (Å²) in [5, 5.41) is 6.56. The van der Waals surface area contributed by atoms with Crippen LogP contribution in [0.25, 0.3) is 0 Å². The molecule has 1 N–H and O–H groups in total. The van der Waals surface area contributed by atoms with Gasteiger partial charge in [-0.2, -0.15) is 4.98 Å². The quantitative estimate of drug-likeness (QED) is 0.707. The van der Waals surface area contributed by atoms with Gasteiger partial charge in [0.05, 0.1) is 0 Å². The van der Waals surface area contributed by atoms with Crippen LogP contribution in [0.2, 0.25) is 0 Å². The molecular formula is C8H12FN3O. The molecule has 0 spiro atoms. The topological polar surface area (TPSA) is 51.0 Å². The van der Waals surface area contributed by atoms with E-state index in [4.69, 9.17) is 4.52 Å². The Bertz CT molecular complexity index is 293. The predicted octanol–water partition coefficient (Wildman–Crippen LogP) is 0.926. The first-order valence-corrected chi connectivity index (χ1v) is 4.41. The van der Waals surface area contributed by atoms with Gasteiger partial charge in [-0.15, -0.1) is 0 Å². The smallest absolute Gasteiger partial charge is 0.265 e. The van der Waals surface area contributed by atoms with E-state index in [1.807, 2.05) is 0 Å². The largest absolute Gasteiger partial charge is 0.336 e. The molecule has 1 atom stereocenters. The van der Waals surface area contributed by atoms with Gasteiger partial charge in [-0.1, -0.05) is 5.16 Å². The van der Waals surface area contributed by atoms with Crippen molar-refractivity contribution in [3.05, 3.63) is 11.7 Å². The predicted molar refractivity (Wildman–Crippen MR) is 43.9 cm³/mol. The molecule has 2 rings (SSSR count). The van der Waals surface area contributed by atoms with Crippen molar-refractivity contribution < 1.29 is 8.91 Å². The summed E-state index contributed by atoms with van der Waals surface area (Å²) < 4.78 is 18.9. The van der Waals surface area contributed by atoms with Crippen molar-refractivity contribution in [1.29, 1.82) is 0 Å². The van der Waals surface area contributed by atoms with Crippen LogP contribution in [-0.4, -0.2) is 23.2 Å². The summed E-state index contributed by atoms with van der Waals surface area (Å²) in [6, 6.07) is 0.